The molecule has 0 fully saturated rings. The Hall–Kier alpha value is -4.75. The molecule has 1 aliphatic heterocycles. The van der Waals surface area contributed by atoms with E-state index in [9.17, 15) is 18.0 Å². The van der Waals surface area contributed by atoms with Crippen molar-refractivity contribution in [2.24, 2.45) is 0 Å². The Bertz CT molecular complexity index is 2070. The molecule has 0 saturated heterocycles. The number of hydrogen-bond donors (Lipinski definition) is 2. The molecule has 11 nitrogen and oxygen atoms in total. The highest BCUT2D eigenvalue weighted by atomic mass is 32.2. The largest absolute Gasteiger partial charge is 0.480 e. The Morgan fingerprint density at radius 3 is 2.55 bits per heavy atom. The molecule has 13 heteroatoms. The van der Waals surface area contributed by atoms with Gasteiger partial charge < -0.3 is 19.8 Å². The number of thiazole rings is 1. The van der Waals surface area contributed by atoms with E-state index in [4.69, 9.17) is 9.15 Å². The Balaban J connectivity index is 1.61. The summed E-state index contributed by atoms with van der Waals surface area (Å²) in [5, 5.41) is 6.62. The number of methoxy groups -OCH3 is 1. The van der Waals surface area contributed by atoms with E-state index < -0.39 is 10.0 Å². The summed E-state index contributed by atoms with van der Waals surface area (Å²) in [7, 11) is 0.803. The first kappa shape index (κ1) is 29.3. The normalized spacial score (nSPS) is 13.0. The zero-order valence-electron chi connectivity index (χ0n) is 24.6. The molecule has 3 aromatic heterocycles. The molecule has 2 aromatic carbocycles. The monoisotopic (exact) mass is 631 g/mol. The number of nitrogens with one attached hydrogen (secondary N) is 2. The highest BCUT2D eigenvalue weighted by molar-refractivity contribution is 7.92. The molecule has 0 bridgehead atoms. The summed E-state index contributed by atoms with van der Waals surface area (Å²) in [6.07, 6.45) is 3.66. The number of amides is 2. The SMILES string of the molecule is CNC(=O)c1c(-c2ccc(C)cc2)oc2cc(N(C)S(C)(=O)=O)c(-c3cnc(OC)c(-c4nc5c(s4)CCC(=O)N5)c3)cc12. The summed E-state index contributed by atoms with van der Waals surface area (Å²) in [5.74, 6) is 0.769. The first-order chi connectivity index (χ1) is 21.0. The van der Waals surface area contributed by atoms with Gasteiger partial charge in [0.15, 0.2) is 0 Å². The van der Waals surface area contributed by atoms with Crippen molar-refractivity contribution in [1.82, 2.24) is 15.3 Å². The second-order valence-corrected chi connectivity index (χ2v) is 13.6. The predicted molar refractivity (Wildman–Crippen MR) is 171 cm³/mol. The van der Waals surface area contributed by atoms with Gasteiger partial charge in [-0.1, -0.05) is 29.8 Å². The quantitative estimate of drug-likeness (QED) is 0.248. The molecule has 226 valence electrons. The predicted octanol–water partition coefficient (Wildman–Crippen LogP) is 5.24. The lowest BCUT2D eigenvalue weighted by Crippen LogP contribution is -2.25. The molecule has 4 heterocycles. The second-order valence-electron chi connectivity index (χ2n) is 10.5. The Morgan fingerprint density at radius 1 is 1.11 bits per heavy atom. The van der Waals surface area contributed by atoms with E-state index >= 15 is 0 Å². The van der Waals surface area contributed by atoms with Crippen molar-refractivity contribution in [3.8, 4) is 38.9 Å². The van der Waals surface area contributed by atoms with E-state index in [1.165, 1.54) is 25.5 Å². The topological polar surface area (TPSA) is 144 Å². The van der Waals surface area contributed by atoms with Crippen molar-refractivity contribution in [1.29, 1.82) is 0 Å². The van der Waals surface area contributed by atoms with Crippen molar-refractivity contribution in [3.05, 3.63) is 64.7 Å². The summed E-state index contributed by atoms with van der Waals surface area (Å²) in [6.45, 7) is 1.97. The molecule has 1 aliphatic rings. The third-order valence-electron chi connectivity index (χ3n) is 7.53. The van der Waals surface area contributed by atoms with E-state index in [1.807, 2.05) is 37.3 Å². The fourth-order valence-electron chi connectivity index (χ4n) is 5.13. The zero-order chi connectivity index (χ0) is 31.3. The fourth-order valence-corrected chi connectivity index (χ4v) is 6.66. The number of fused-ring (bicyclic) bond motifs is 2. The molecule has 0 atom stereocenters. The highest BCUT2D eigenvalue weighted by Crippen LogP contribution is 2.44. The zero-order valence-corrected chi connectivity index (χ0v) is 26.3. The maximum absolute atomic E-state index is 13.3. The van der Waals surface area contributed by atoms with Crippen molar-refractivity contribution < 1.29 is 27.2 Å². The molecule has 0 spiro atoms. The van der Waals surface area contributed by atoms with Gasteiger partial charge in [-0.15, -0.1) is 11.3 Å². The third kappa shape index (κ3) is 5.18. The van der Waals surface area contributed by atoms with E-state index in [0.717, 1.165) is 21.0 Å². The van der Waals surface area contributed by atoms with Gasteiger partial charge in [-0.2, -0.15) is 0 Å². The van der Waals surface area contributed by atoms with Gasteiger partial charge in [-0.25, -0.2) is 18.4 Å². The van der Waals surface area contributed by atoms with Gasteiger partial charge in [0.2, 0.25) is 21.8 Å². The van der Waals surface area contributed by atoms with Crippen LogP contribution in [0.3, 0.4) is 0 Å². The number of nitrogens with zero attached hydrogens (tertiary/aromatic N) is 3. The molecular weight excluding hydrogens is 603 g/mol. The molecular formula is C31H29N5O6S2. The first-order valence-electron chi connectivity index (χ1n) is 13.7. The number of aromatic nitrogens is 2. The number of rotatable bonds is 7. The van der Waals surface area contributed by atoms with Crippen LogP contribution in [-0.2, 0) is 21.2 Å². The summed E-state index contributed by atoms with van der Waals surface area (Å²) in [5.41, 5.74) is 4.39. The van der Waals surface area contributed by atoms with E-state index in [-0.39, 0.29) is 11.8 Å². The Labute approximate surface area is 257 Å². The smallest absolute Gasteiger partial charge is 0.255 e. The van der Waals surface area contributed by atoms with E-state index in [2.05, 4.69) is 20.6 Å². The maximum atomic E-state index is 13.3. The lowest BCUT2D eigenvalue weighted by molar-refractivity contribution is -0.116. The summed E-state index contributed by atoms with van der Waals surface area (Å²) >= 11 is 1.43. The number of carbonyl (C=O) groups excluding carboxylic acids is 2. The standard InChI is InChI=1S/C31H29N5O6S2/c1-16-6-8-17(9-7-16)27-26(29(38)32-2)20-13-19(22(14-23(20)42-27)36(3)44(5,39)40)18-12-21(30(41-4)33-15-18)31-35-28-24(43-31)10-11-25(37)34-28/h6-9,12-15H,10-11H2,1-5H3,(H,32,38)(H,34,37). The van der Waals surface area contributed by atoms with Gasteiger partial charge in [-0.3, -0.25) is 13.9 Å². The molecule has 2 amide bonds. The van der Waals surface area contributed by atoms with Gasteiger partial charge in [0.25, 0.3) is 5.91 Å². The first-order valence-corrected chi connectivity index (χ1v) is 16.3. The number of anilines is 2. The van der Waals surface area contributed by atoms with Gasteiger partial charge in [0.05, 0.1) is 35.1 Å². The third-order valence-corrected chi connectivity index (χ3v) is 9.87. The van der Waals surface area contributed by atoms with Crippen LogP contribution in [0.1, 0.15) is 27.2 Å². The molecule has 6 rings (SSSR count). The van der Waals surface area contributed by atoms with Crippen molar-refractivity contribution in [2.45, 2.75) is 19.8 Å². The van der Waals surface area contributed by atoms with Gasteiger partial charge in [0, 0.05) is 54.9 Å². The number of sulfonamides is 1. The number of carbonyl (C=O) groups is 2. The number of aryl methyl sites for hydroxylation is 2. The van der Waals surface area contributed by atoms with Crippen molar-refractivity contribution in [3.63, 3.8) is 0 Å². The average molecular weight is 632 g/mol. The van der Waals surface area contributed by atoms with Crippen LogP contribution in [0.2, 0.25) is 0 Å². The minimum atomic E-state index is -3.70. The molecule has 0 unspecified atom stereocenters. The molecule has 5 aromatic rings. The molecule has 0 aliphatic carbocycles. The van der Waals surface area contributed by atoms with E-state index in [1.54, 1.807) is 25.4 Å². The number of furan rings is 1. The number of hydrogen-bond acceptors (Lipinski definition) is 9. The minimum Gasteiger partial charge on any atom is -0.480 e. The van der Waals surface area contributed by atoms with Crippen LogP contribution in [0.25, 0.3) is 44.0 Å². The molecule has 0 radical (unpaired) electrons. The Morgan fingerprint density at radius 2 is 1.86 bits per heavy atom. The fraction of sp³-hybridized carbons (Fsp3) is 0.226. The van der Waals surface area contributed by atoms with Crippen LogP contribution in [-0.4, -0.2) is 57.7 Å². The molecule has 44 heavy (non-hydrogen) atoms. The van der Waals surface area contributed by atoms with Crippen LogP contribution < -0.4 is 19.7 Å². The van der Waals surface area contributed by atoms with Crippen LogP contribution in [0, 0.1) is 6.92 Å². The van der Waals surface area contributed by atoms with Crippen molar-refractivity contribution >= 4 is 55.6 Å². The summed E-state index contributed by atoms with van der Waals surface area (Å²) in [4.78, 5) is 35.4. The van der Waals surface area contributed by atoms with Crippen molar-refractivity contribution in [2.75, 3.05) is 37.1 Å². The number of pyridine rings is 1. The van der Waals surface area contributed by atoms with Crippen LogP contribution >= 0.6 is 11.3 Å². The number of benzene rings is 2. The average Bonchev–Trinajstić information content (AvgIpc) is 3.60. The number of ether oxygens (including phenoxy) is 1. The summed E-state index contributed by atoms with van der Waals surface area (Å²) in [6, 6.07) is 12.8. The highest BCUT2D eigenvalue weighted by Gasteiger charge is 2.27. The summed E-state index contributed by atoms with van der Waals surface area (Å²) < 4.78 is 38.6. The second kappa shape index (κ2) is 11.1. The lowest BCUT2D eigenvalue weighted by atomic mass is 9.98. The molecule has 2 N–H and O–H groups in total. The van der Waals surface area contributed by atoms with Crippen LogP contribution in [0.15, 0.2) is 53.1 Å². The van der Waals surface area contributed by atoms with Gasteiger partial charge in [-0.05, 0) is 25.5 Å². The maximum Gasteiger partial charge on any atom is 0.255 e. The molecule has 0 saturated carbocycles. The van der Waals surface area contributed by atoms with Gasteiger partial charge >= 0.3 is 0 Å². The Kier molecular flexibility index (Phi) is 7.38. The van der Waals surface area contributed by atoms with E-state index in [0.29, 0.717) is 79.8 Å². The lowest BCUT2D eigenvalue weighted by Gasteiger charge is -2.21. The van der Waals surface area contributed by atoms with Gasteiger partial charge in [0.1, 0.15) is 22.2 Å². The van der Waals surface area contributed by atoms with Crippen LogP contribution in [0.4, 0.5) is 11.5 Å². The van der Waals surface area contributed by atoms with Crippen LogP contribution in [0.5, 0.6) is 5.88 Å². The minimum absolute atomic E-state index is 0.0908.